The van der Waals surface area contributed by atoms with E-state index in [-0.39, 0.29) is 6.61 Å². The number of aliphatic hydroxyl groups is 1. The van der Waals surface area contributed by atoms with Gasteiger partial charge in [0.1, 0.15) is 11.4 Å². The highest BCUT2D eigenvalue weighted by Crippen LogP contribution is 2.36. The SMILES string of the molecule is COc1ccc(C2=C(c3ccccc3)/C(=N\c3cnn(CCO)c3N(C)C)c3cccc[n+]32)cc1. The van der Waals surface area contributed by atoms with Crippen molar-refractivity contribution < 1.29 is 14.4 Å². The number of nitrogens with zero attached hydrogens (tertiary/aromatic N) is 5. The van der Waals surface area contributed by atoms with Gasteiger partial charge in [-0.25, -0.2) is 9.67 Å². The first-order chi connectivity index (χ1) is 17.1. The number of fused-ring (bicyclic) bond motifs is 1. The Balaban J connectivity index is 1.79. The summed E-state index contributed by atoms with van der Waals surface area (Å²) in [6.07, 6.45) is 3.83. The Bertz CT molecular complexity index is 1400. The second-order valence-electron chi connectivity index (χ2n) is 8.43. The molecule has 0 unspecified atom stereocenters. The number of allylic oxidation sites excluding steroid dienone is 1. The highest BCUT2D eigenvalue weighted by atomic mass is 16.5. The van der Waals surface area contributed by atoms with E-state index in [0.717, 1.165) is 51.1 Å². The van der Waals surface area contributed by atoms with Gasteiger partial charge in [-0.2, -0.15) is 9.67 Å². The summed E-state index contributed by atoms with van der Waals surface area (Å²) in [5.74, 6) is 1.66. The van der Waals surface area contributed by atoms with Crippen LogP contribution in [0.4, 0.5) is 11.5 Å². The fourth-order valence-electron chi connectivity index (χ4n) is 4.50. The molecule has 176 valence electrons. The number of hydrogen-bond donors (Lipinski definition) is 1. The summed E-state index contributed by atoms with van der Waals surface area (Å²) in [5, 5.41) is 14.0. The quantitative estimate of drug-likeness (QED) is 0.421. The van der Waals surface area contributed by atoms with E-state index in [1.54, 1.807) is 18.0 Å². The van der Waals surface area contributed by atoms with Gasteiger partial charge < -0.3 is 14.7 Å². The molecule has 0 spiro atoms. The standard InChI is InChI=1S/C28H28N5O2/c1-31(2)28-23(19-29-33(28)17-18-34)30-26-24-11-7-8-16-32(24)27(21-12-14-22(35-3)15-13-21)25(26)20-9-5-4-6-10-20/h4-16,19,34H,17-18H2,1-3H3/q+1. The molecule has 0 radical (unpaired) electrons. The minimum Gasteiger partial charge on any atom is -0.497 e. The number of aliphatic hydroxyl groups excluding tert-OH is 1. The van der Waals surface area contributed by atoms with Crippen molar-refractivity contribution in [1.82, 2.24) is 9.78 Å². The Hall–Kier alpha value is -4.23. The molecule has 0 fully saturated rings. The third-order valence-corrected chi connectivity index (χ3v) is 6.00. The largest absolute Gasteiger partial charge is 0.497 e. The lowest BCUT2D eigenvalue weighted by Gasteiger charge is -2.15. The first-order valence-electron chi connectivity index (χ1n) is 11.5. The number of rotatable bonds is 7. The van der Waals surface area contributed by atoms with Gasteiger partial charge in [-0.1, -0.05) is 30.3 Å². The number of aromatic nitrogens is 3. The van der Waals surface area contributed by atoms with E-state index in [1.807, 2.05) is 61.5 Å². The van der Waals surface area contributed by atoms with E-state index >= 15 is 0 Å². The van der Waals surface area contributed by atoms with Crippen LogP contribution in [0.1, 0.15) is 16.8 Å². The highest BCUT2D eigenvalue weighted by molar-refractivity contribution is 6.37. The summed E-state index contributed by atoms with van der Waals surface area (Å²) < 4.78 is 9.36. The van der Waals surface area contributed by atoms with Crippen LogP contribution in [-0.2, 0) is 6.54 Å². The van der Waals surface area contributed by atoms with Crippen molar-refractivity contribution in [2.24, 2.45) is 4.99 Å². The molecule has 1 aliphatic rings. The maximum Gasteiger partial charge on any atom is 0.237 e. The third-order valence-electron chi connectivity index (χ3n) is 6.00. The van der Waals surface area contributed by atoms with Crippen molar-refractivity contribution in [2.75, 3.05) is 32.7 Å². The molecule has 0 amide bonds. The minimum atomic E-state index is 0.00794. The van der Waals surface area contributed by atoms with Gasteiger partial charge in [0, 0.05) is 31.8 Å². The summed E-state index contributed by atoms with van der Waals surface area (Å²) in [6.45, 7) is 0.413. The fourth-order valence-corrected chi connectivity index (χ4v) is 4.50. The minimum absolute atomic E-state index is 0.00794. The average Bonchev–Trinajstić information content (AvgIpc) is 3.44. The molecule has 7 heteroatoms. The van der Waals surface area contributed by atoms with Crippen LogP contribution in [0.3, 0.4) is 0 Å². The highest BCUT2D eigenvalue weighted by Gasteiger charge is 2.38. The van der Waals surface area contributed by atoms with Gasteiger partial charge in [-0.3, -0.25) is 0 Å². The lowest BCUT2D eigenvalue weighted by Crippen LogP contribution is -2.34. The number of ether oxygens (including phenoxy) is 1. The van der Waals surface area contributed by atoms with Gasteiger partial charge in [-0.05, 0) is 35.9 Å². The normalized spacial score (nSPS) is 13.9. The van der Waals surface area contributed by atoms with Crippen LogP contribution in [0.5, 0.6) is 5.75 Å². The summed E-state index contributed by atoms with van der Waals surface area (Å²) >= 11 is 0. The van der Waals surface area contributed by atoms with Crippen molar-refractivity contribution >= 4 is 28.5 Å². The Labute approximate surface area is 204 Å². The fraction of sp³-hybridized carbons (Fsp3) is 0.179. The molecule has 35 heavy (non-hydrogen) atoms. The lowest BCUT2D eigenvalue weighted by molar-refractivity contribution is -0.577. The molecular formula is C28H28N5O2+. The zero-order valence-electron chi connectivity index (χ0n) is 20.1. The summed E-state index contributed by atoms with van der Waals surface area (Å²) in [5.41, 5.74) is 6.86. The number of hydrogen-bond acceptors (Lipinski definition) is 5. The first-order valence-corrected chi connectivity index (χ1v) is 11.5. The molecule has 0 bridgehead atoms. The van der Waals surface area contributed by atoms with Crippen LogP contribution < -0.4 is 14.2 Å². The van der Waals surface area contributed by atoms with Crippen LogP contribution in [0.25, 0.3) is 11.3 Å². The predicted octanol–water partition coefficient (Wildman–Crippen LogP) is 3.79. The molecule has 7 nitrogen and oxygen atoms in total. The molecule has 2 aromatic heterocycles. The predicted molar refractivity (Wildman–Crippen MR) is 138 cm³/mol. The Kier molecular flexibility index (Phi) is 6.16. The molecular weight excluding hydrogens is 438 g/mol. The summed E-state index contributed by atoms with van der Waals surface area (Å²) in [7, 11) is 5.60. The van der Waals surface area contributed by atoms with Crippen molar-refractivity contribution in [3.8, 4) is 5.75 Å². The molecule has 0 aliphatic carbocycles. The molecule has 0 atom stereocenters. The molecule has 3 heterocycles. The summed E-state index contributed by atoms with van der Waals surface area (Å²) in [6, 6.07) is 24.6. The topological polar surface area (TPSA) is 66.8 Å². The van der Waals surface area contributed by atoms with Crippen LogP contribution in [0.15, 0.2) is 90.2 Å². The van der Waals surface area contributed by atoms with Crippen LogP contribution in [0.2, 0.25) is 0 Å². The van der Waals surface area contributed by atoms with E-state index < -0.39 is 0 Å². The van der Waals surface area contributed by atoms with E-state index in [1.165, 1.54) is 0 Å². The number of methoxy groups -OCH3 is 1. The Morgan fingerprint density at radius 1 is 0.971 bits per heavy atom. The Morgan fingerprint density at radius 2 is 1.71 bits per heavy atom. The van der Waals surface area contributed by atoms with Gasteiger partial charge in [0.25, 0.3) is 0 Å². The third kappa shape index (κ3) is 4.11. The number of anilines is 1. The van der Waals surface area contributed by atoms with Gasteiger partial charge >= 0.3 is 0 Å². The zero-order valence-corrected chi connectivity index (χ0v) is 20.1. The van der Waals surface area contributed by atoms with Crippen molar-refractivity contribution in [3.05, 3.63) is 102 Å². The van der Waals surface area contributed by atoms with Crippen molar-refractivity contribution in [3.63, 3.8) is 0 Å². The van der Waals surface area contributed by atoms with E-state index in [0.29, 0.717) is 6.54 Å². The van der Waals surface area contributed by atoms with E-state index in [4.69, 9.17) is 9.73 Å². The smallest absolute Gasteiger partial charge is 0.237 e. The Morgan fingerprint density at radius 3 is 2.40 bits per heavy atom. The van der Waals surface area contributed by atoms with E-state index in [2.05, 4.69) is 46.2 Å². The molecule has 5 rings (SSSR count). The lowest BCUT2D eigenvalue weighted by atomic mass is 9.97. The number of aliphatic imine (C=N–C) groups is 1. The molecule has 1 aliphatic heterocycles. The zero-order chi connectivity index (χ0) is 24.4. The van der Waals surface area contributed by atoms with Gasteiger partial charge in [0.2, 0.25) is 11.4 Å². The second kappa shape index (κ2) is 9.56. The molecule has 0 saturated heterocycles. The molecule has 2 aromatic carbocycles. The van der Waals surface area contributed by atoms with Gasteiger partial charge in [0.15, 0.2) is 17.7 Å². The van der Waals surface area contributed by atoms with E-state index in [9.17, 15) is 5.11 Å². The summed E-state index contributed by atoms with van der Waals surface area (Å²) in [4.78, 5) is 7.18. The maximum atomic E-state index is 9.50. The van der Waals surface area contributed by atoms with Crippen molar-refractivity contribution in [2.45, 2.75) is 6.54 Å². The average molecular weight is 467 g/mol. The van der Waals surface area contributed by atoms with Crippen molar-refractivity contribution in [1.29, 1.82) is 0 Å². The molecule has 1 N–H and O–H groups in total. The van der Waals surface area contributed by atoms with Crippen LogP contribution in [0, 0.1) is 0 Å². The van der Waals surface area contributed by atoms with Gasteiger partial charge in [-0.15, -0.1) is 0 Å². The van der Waals surface area contributed by atoms with Crippen LogP contribution >= 0.6 is 0 Å². The van der Waals surface area contributed by atoms with Gasteiger partial charge in [0.05, 0.1) is 32.0 Å². The molecule has 0 saturated carbocycles. The number of benzene rings is 2. The molecule has 4 aromatic rings. The first kappa shape index (κ1) is 22.6. The number of pyridine rings is 1. The second-order valence-corrected chi connectivity index (χ2v) is 8.43. The maximum absolute atomic E-state index is 9.50. The van der Waals surface area contributed by atoms with Crippen LogP contribution in [-0.4, -0.2) is 48.4 Å². The monoisotopic (exact) mass is 466 g/mol.